The number of nitrogens with zero attached hydrogens (tertiary/aromatic N) is 3. The van der Waals surface area contributed by atoms with Crippen molar-refractivity contribution in [2.45, 2.75) is 38.1 Å². The monoisotopic (exact) mass is 382 g/mol. The highest BCUT2D eigenvalue weighted by Gasteiger charge is 2.53. The van der Waals surface area contributed by atoms with Crippen LogP contribution in [0.2, 0.25) is 0 Å². The van der Waals surface area contributed by atoms with Gasteiger partial charge in [0.15, 0.2) is 0 Å². The van der Waals surface area contributed by atoms with Gasteiger partial charge in [0.05, 0.1) is 12.3 Å². The first-order valence-corrected chi connectivity index (χ1v) is 9.91. The summed E-state index contributed by atoms with van der Waals surface area (Å²) < 4.78 is 0. The van der Waals surface area contributed by atoms with Gasteiger partial charge in [-0.25, -0.2) is 0 Å². The van der Waals surface area contributed by atoms with Gasteiger partial charge in [-0.3, -0.25) is 14.7 Å². The molecular formula is C21H26N4O3. The van der Waals surface area contributed by atoms with E-state index in [0.717, 1.165) is 29.7 Å². The average molecular weight is 382 g/mol. The zero-order chi connectivity index (χ0) is 19.7. The summed E-state index contributed by atoms with van der Waals surface area (Å²) >= 11 is 0. The van der Waals surface area contributed by atoms with Gasteiger partial charge < -0.3 is 14.9 Å². The molecule has 1 spiro atoms. The highest BCUT2D eigenvalue weighted by molar-refractivity contribution is 6.00. The largest absolute Gasteiger partial charge is 0.395 e. The van der Waals surface area contributed by atoms with E-state index in [4.69, 9.17) is 0 Å². The topological polar surface area (TPSA) is 89.5 Å². The van der Waals surface area contributed by atoms with Gasteiger partial charge in [-0.15, -0.1) is 0 Å². The number of aromatic amines is 1. The van der Waals surface area contributed by atoms with Crippen molar-refractivity contribution in [3.63, 3.8) is 0 Å². The van der Waals surface area contributed by atoms with Crippen molar-refractivity contribution in [2.75, 3.05) is 26.2 Å². The van der Waals surface area contributed by atoms with Crippen molar-refractivity contribution in [3.05, 3.63) is 41.6 Å². The van der Waals surface area contributed by atoms with Gasteiger partial charge in [-0.1, -0.05) is 30.3 Å². The van der Waals surface area contributed by atoms with E-state index in [2.05, 4.69) is 10.2 Å². The number of hydrogen-bond acceptors (Lipinski definition) is 4. The van der Waals surface area contributed by atoms with Crippen LogP contribution in [0.1, 0.15) is 41.7 Å². The van der Waals surface area contributed by atoms with Crippen molar-refractivity contribution in [1.82, 2.24) is 20.0 Å². The molecule has 2 aromatic rings. The lowest BCUT2D eigenvalue weighted by atomic mass is 9.85. The van der Waals surface area contributed by atoms with E-state index in [1.165, 1.54) is 0 Å². The predicted octanol–water partition coefficient (Wildman–Crippen LogP) is 1.97. The molecule has 1 aromatic carbocycles. The minimum absolute atomic E-state index is 0.0286. The molecule has 1 atom stereocenters. The number of likely N-dealkylation sites (tertiary alicyclic amines) is 2. The number of H-pyrrole nitrogens is 1. The normalized spacial score (nSPS) is 22.3. The maximum absolute atomic E-state index is 13.4. The van der Waals surface area contributed by atoms with Crippen molar-refractivity contribution in [3.8, 4) is 11.3 Å². The highest BCUT2D eigenvalue weighted by atomic mass is 16.3. The zero-order valence-electron chi connectivity index (χ0n) is 16.1. The summed E-state index contributed by atoms with van der Waals surface area (Å²) in [6, 6.07) is 9.75. The van der Waals surface area contributed by atoms with Crippen LogP contribution in [0.4, 0.5) is 0 Å². The lowest BCUT2D eigenvalue weighted by Crippen LogP contribution is -2.61. The molecule has 1 aromatic heterocycles. The van der Waals surface area contributed by atoms with Crippen LogP contribution in [0, 0.1) is 6.92 Å². The molecule has 28 heavy (non-hydrogen) atoms. The molecule has 0 bridgehead atoms. The molecular weight excluding hydrogens is 356 g/mol. The molecule has 7 heteroatoms. The van der Waals surface area contributed by atoms with Gasteiger partial charge >= 0.3 is 0 Å². The number of aliphatic hydroxyl groups excluding tert-OH is 1. The lowest BCUT2D eigenvalue weighted by molar-refractivity contribution is -0.146. The molecule has 3 heterocycles. The maximum atomic E-state index is 13.4. The van der Waals surface area contributed by atoms with E-state index in [0.29, 0.717) is 38.2 Å². The van der Waals surface area contributed by atoms with E-state index in [1.54, 1.807) is 9.80 Å². The number of carbonyl (C=O) groups is 2. The molecule has 1 unspecified atom stereocenters. The molecule has 2 amide bonds. The third-order valence-corrected chi connectivity index (χ3v) is 6.08. The second-order valence-electron chi connectivity index (χ2n) is 7.65. The Labute approximate surface area is 164 Å². The van der Waals surface area contributed by atoms with Crippen LogP contribution < -0.4 is 0 Å². The van der Waals surface area contributed by atoms with Crippen LogP contribution in [-0.4, -0.2) is 68.7 Å². The van der Waals surface area contributed by atoms with Crippen LogP contribution in [0.15, 0.2) is 30.3 Å². The molecule has 2 aliphatic heterocycles. The third kappa shape index (κ3) is 2.90. The van der Waals surface area contributed by atoms with Crippen LogP contribution in [0.25, 0.3) is 11.3 Å². The Balaban J connectivity index is 1.65. The fourth-order valence-electron chi connectivity index (χ4n) is 4.67. The van der Waals surface area contributed by atoms with E-state index < -0.39 is 5.54 Å². The number of nitrogens with one attached hydrogen (secondary N) is 1. The van der Waals surface area contributed by atoms with Gasteiger partial charge in [0, 0.05) is 30.8 Å². The molecule has 0 radical (unpaired) electrons. The summed E-state index contributed by atoms with van der Waals surface area (Å²) in [5, 5.41) is 16.6. The van der Waals surface area contributed by atoms with Crippen LogP contribution in [0.3, 0.4) is 0 Å². The van der Waals surface area contributed by atoms with Crippen molar-refractivity contribution >= 4 is 11.8 Å². The number of amides is 2. The molecule has 2 N–H and O–H groups in total. The van der Waals surface area contributed by atoms with Crippen molar-refractivity contribution in [2.24, 2.45) is 0 Å². The van der Waals surface area contributed by atoms with Gasteiger partial charge in [-0.05, 0) is 32.6 Å². The number of carbonyl (C=O) groups excluding carboxylic acids is 2. The van der Waals surface area contributed by atoms with Crippen molar-refractivity contribution < 1.29 is 14.7 Å². The minimum Gasteiger partial charge on any atom is -0.395 e. The Bertz CT molecular complexity index is 877. The highest BCUT2D eigenvalue weighted by Crippen LogP contribution is 2.39. The Morgan fingerprint density at radius 2 is 1.93 bits per heavy atom. The Morgan fingerprint density at radius 1 is 1.21 bits per heavy atom. The smallest absolute Gasteiger partial charge is 0.273 e. The van der Waals surface area contributed by atoms with Gasteiger partial charge in [-0.2, -0.15) is 5.10 Å². The van der Waals surface area contributed by atoms with Crippen LogP contribution >= 0.6 is 0 Å². The lowest BCUT2D eigenvalue weighted by Gasteiger charge is -2.44. The van der Waals surface area contributed by atoms with Gasteiger partial charge in [0.1, 0.15) is 11.2 Å². The molecule has 0 aliphatic carbocycles. The average Bonchev–Trinajstić information content (AvgIpc) is 3.30. The predicted molar refractivity (Wildman–Crippen MR) is 105 cm³/mol. The summed E-state index contributed by atoms with van der Waals surface area (Å²) in [5.41, 5.74) is 2.18. The number of aliphatic hydroxyl groups is 1. The standard InChI is InChI=1S/C21H26N4O3/c1-15-17(16-7-3-2-4-8-16)22-23-18(15)19(27)25-12-6-10-21(25)9-5-11-24(13-14-26)20(21)28/h2-4,7-8,26H,5-6,9-14H2,1H3,(H,22,23). The summed E-state index contributed by atoms with van der Waals surface area (Å²) in [5.74, 6) is -0.192. The summed E-state index contributed by atoms with van der Waals surface area (Å²) in [4.78, 5) is 30.1. The van der Waals surface area contributed by atoms with Gasteiger partial charge in [0.25, 0.3) is 5.91 Å². The number of rotatable bonds is 4. The number of aromatic nitrogens is 2. The van der Waals surface area contributed by atoms with E-state index in [-0.39, 0.29) is 18.4 Å². The first-order valence-electron chi connectivity index (χ1n) is 9.91. The SMILES string of the molecule is Cc1c(-c2ccccc2)n[nH]c1C(=O)N1CCCC12CCCN(CCO)C2=O. The fourth-order valence-corrected chi connectivity index (χ4v) is 4.67. The first-order chi connectivity index (χ1) is 13.6. The first kappa shape index (κ1) is 18.7. The molecule has 2 fully saturated rings. The van der Waals surface area contributed by atoms with Crippen molar-refractivity contribution in [1.29, 1.82) is 0 Å². The summed E-state index contributed by atoms with van der Waals surface area (Å²) in [6.45, 7) is 3.36. The van der Waals surface area contributed by atoms with Crippen LogP contribution in [0.5, 0.6) is 0 Å². The molecule has 2 aliphatic rings. The van der Waals surface area contributed by atoms with E-state index in [9.17, 15) is 14.7 Å². The number of benzene rings is 1. The maximum Gasteiger partial charge on any atom is 0.273 e. The molecule has 7 nitrogen and oxygen atoms in total. The van der Waals surface area contributed by atoms with E-state index >= 15 is 0 Å². The second kappa shape index (κ2) is 7.39. The second-order valence-corrected chi connectivity index (χ2v) is 7.65. The molecule has 148 valence electrons. The number of piperidine rings is 1. The van der Waals surface area contributed by atoms with E-state index in [1.807, 2.05) is 37.3 Å². The summed E-state index contributed by atoms with van der Waals surface area (Å²) in [6.07, 6.45) is 3.01. The zero-order valence-corrected chi connectivity index (χ0v) is 16.1. The molecule has 4 rings (SSSR count). The fraction of sp³-hybridized carbons (Fsp3) is 0.476. The third-order valence-electron chi connectivity index (χ3n) is 6.08. The number of β-amino-alcohol motifs (C(OH)–C–C–N with tert-alkyl or cyclic N) is 1. The minimum atomic E-state index is -0.783. The Kier molecular flexibility index (Phi) is 4.93. The summed E-state index contributed by atoms with van der Waals surface area (Å²) in [7, 11) is 0. The molecule has 2 saturated heterocycles. The van der Waals surface area contributed by atoms with Gasteiger partial charge in [0.2, 0.25) is 5.91 Å². The van der Waals surface area contributed by atoms with Crippen LogP contribution in [-0.2, 0) is 4.79 Å². The quantitative estimate of drug-likeness (QED) is 0.846. The Hall–Kier alpha value is -2.67. The Morgan fingerprint density at radius 3 is 2.64 bits per heavy atom. The molecule has 0 saturated carbocycles. The number of hydrogen-bond donors (Lipinski definition) is 2.